The Balaban J connectivity index is 1.83. The van der Waals surface area contributed by atoms with Gasteiger partial charge in [-0.3, -0.25) is 0 Å². The van der Waals surface area contributed by atoms with Crippen LogP contribution in [0.3, 0.4) is 0 Å². The molecule has 4 nitrogen and oxygen atoms in total. The lowest BCUT2D eigenvalue weighted by Crippen LogP contribution is -2.35. The van der Waals surface area contributed by atoms with E-state index in [1.165, 1.54) is 5.56 Å². The Kier molecular flexibility index (Phi) is 3.86. The maximum Gasteiger partial charge on any atom is 0.138 e. The normalized spacial score (nSPS) is 16.0. The molecule has 0 fully saturated rings. The van der Waals surface area contributed by atoms with Crippen LogP contribution in [0.25, 0.3) is 0 Å². The molecule has 0 saturated heterocycles. The van der Waals surface area contributed by atoms with E-state index in [-0.39, 0.29) is 0 Å². The summed E-state index contributed by atoms with van der Waals surface area (Å²) in [5, 5.41) is 12.6. The zero-order chi connectivity index (χ0) is 14.7. The molecule has 0 spiro atoms. The molecule has 1 aromatic heterocycles. The Bertz CT molecular complexity index is 652. The monoisotopic (exact) mass is 281 g/mol. The lowest BCUT2D eigenvalue weighted by molar-refractivity contribution is 0.317. The second kappa shape index (κ2) is 5.95. The predicted octanol–water partition coefficient (Wildman–Crippen LogP) is 3.02. The Morgan fingerprint density at radius 2 is 2.00 bits per heavy atom. The number of hydrogen-bond donors (Lipinski definition) is 1. The second-order valence-corrected chi connectivity index (χ2v) is 5.34. The maximum absolute atomic E-state index is 9.14. The summed E-state index contributed by atoms with van der Waals surface area (Å²) >= 11 is 0. The van der Waals surface area contributed by atoms with Gasteiger partial charge in [0, 0.05) is 30.8 Å². The van der Waals surface area contributed by atoms with Crippen LogP contribution in [0.1, 0.15) is 23.2 Å². The summed E-state index contributed by atoms with van der Waals surface area (Å²) in [7, 11) is 0. The van der Waals surface area contributed by atoms with E-state index in [0.717, 1.165) is 48.7 Å². The highest BCUT2D eigenvalue weighted by Crippen LogP contribution is 2.26. The largest absolute Gasteiger partial charge is 0.411 e. The fourth-order valence-electron chi connectivity index (χ4n) is 2.72. The molecule has 21 heavy (non-hydrogen) atoms. The number of aryl methyl sites for hydroxylation is 1. The molecule has 2 aromatic rings. The first kappa shape index (κ1) is 13.6. The molecule has 0 unspecified atom stereocenters. The molecular weight excluding hydrogens is 262 g/mol. The van der Waals surface area contributed by atoms with Gasteiger partial charge < -0.3 is 10.1 Å². The summed E-state index contributed by atoms with van der Waals surface area (Å²) in [6.45, 7) is 3.75. The van der Waals surface area contributed by atoms with Crippen LogP contribution in [-0.2, 0) is 6.42 Å². The number of benzene rings is 1. The van der Waals surface area contributed by atoms with Crippen molar-refractivity contribution in [3.63, 3.8) is 0 Å². The van der Waals surface area contributed by atoms with Crippen molar-refractivity contribution < 1.29 is 5.21 Å². The van der Waals surface area contributed by atoms with Gasteiger partial charge in [-0.05, 0) is 31.0 Å². The number of aromatic nitrogens is 1. The minimum Gasteiger partial charge on any atom is -0.411 e. The summed E-state index contributed by atoms with van der Waals surface area (Å²) in [6.07, 6.45) is 1.74. The van der Waals surface area contributed by atoms with E-state index in [1.807, 2.05) is 25.1 Å². The Morgan fingerprint density at radius 1 is 1.19 bits per heavy atom. The topological polar surface area (TPSA) is 48.7 Å². The van der Waals surface area contributed by atoms with Crippen molar-refractivity contribution in [2.24, 2.45) is 5.16 Å². The molecule has 0 atom stereocenters. The van der Waals surface area contributed by atoms with Gasteiger partial charge in [0.2, 0.25) is 0 Å². The molecule has 0 radical (unpaired) electrons. The molecule has 4 heteroatoms. The third-order valence-corrected chi connectivity index (χ3v) is 3.88. The molecule has 0 bridgehead atoms. The number of oxime groups is 1. The van der Waals surface area contributed by atoms with Gasteiger partial charge in [0.25, 0.3) is 0 Å². The Morgan fingerprint density at radius 3 is 2.76 bits per heavy atom. The van der Waals surface area contributed by atoms with Gasteiger partial charge in [-0.25, -0.2) is 4.98 Å². The standard InChI is InChI=1S/C17H19N3O/c1-13-7-8-15-16(19-21)10-12-20(17(15)18-13)11-9-14-5-3-2-4-6-14/h2-8,21H,9-12H2,1H3/b19-16+. The highest BCUT2D eigenvalue weighted by molar-refractivity contribution is 6.05. The fraction of sp³-hybridized carbons (Fsp3) is 0.294. The van der Waals surface area contributed by atoms with Crippen LogP contribution < -0.4 is 4.90 Å². The maximum atomic E-state index is 9.14. The Labute approximate surface area is 124 Å². The van der Waals surface area contributed by atoms with Gasteiger partial charge in [0.05, 0.1) is 5.71 Å². The molecule has 1 N–H and O–H groups in total. The minimum absolute atomic E-state index is 0.730. The average molecular weight is 281 g/mol. The molecule has 0 aliphatic carbocycles. The van der Waals surface area contributed by atoms with Gasteiger partial charge in [0.1, 0.15) is 5.82 Å². The van der Waals surface area contributed by atoms with Gasteiger partial charge in [-0.2, -0.15) is 0 Å². The first-order chi connectivity index (χ1) is 10.3. The zero-order valence-electron chi connectivity index (χ0n) is 12.2. The van der Waals surface area contributed by atoms with Crippen molar-refractivity contribution in [2.45, 2.75) is 19.8 Å². The second-order valence-electron chi connectivity index (χ2n) is 5.34. The van der Waals surface area contributed by atoms with E-state index in [1.54, 1.807) is 0 Å². The number of rotatable bonds is 3. The number of fused-ring (bicyclic) bond motifs is 1. The van der Waals surface area contributed by atoms with E-state index in [4.69, 9.17) is 5.21 Å². The molecule has 0 saturated carbocycles. The molecule has 0 amide bonds. The number of nitrogens with zero attached hydrogens (tertiary/aromatic N) is 3. The highest BCUT2D eigenvalue weighted by atomic mass is 16.4. The molecule has 108 valence electrons. The van der Waals surface area contributed by atoms with E-state index < -0.39 is 0 Å². The van der Waals surface area contributed by atoms with E-state index >= 15 is 0 Å². The lowest BCUT2D eigenvalue weighted by Gasteiger charge is -2.30. The van der Waals surface area contributed by atoms with Crippen molar-refractivity contribution in [3.8, 4) is 0 Å². The highest BCUT2D eigenvalue weighted by Gasteiger charge is 2.23. The van der Waals surface area contributed by atoms with Gasteiger partial charge in [-0.1, -0.05) is 35.5 Å². The summed E-state index contributed by atoms with van der Waals surface area (Å²) in [4.78, 5) is 6.92. The van der Waals surface area contributed by atoms with Crippen molar-refractivity contribution in [2.75, 3.05) is 18.0 Å². The minimum atomic E-state index is 0.730. The number of anilines is 1. The summed E-state index contributed by atoms with van der Waals surface area (Å²) < 4.78 is 0. The van der Waals surface area contributed by atoms with Gasteiger partial charge >= 0.3 is 0 Å². The molecular formula is C17H19N3O. The third kappa shape index (κ3) is 2.89. The zero-order valence-corrected chi connectivity index (χ0v) is 12.2. The van der Waals surface area contributed by atoms with Crippen LogP contribution in [0.5, 0.6) is 0 Å². The SMILES string of the molecule is Cc1ccc2c(n1)N(CCc1ccccc1)CC/C2=N\O. The third-order valence-electron chi connectivity index (χ3n) is 3.88. The van der Waals surface area contributed by atoms with E-state index in [2.05, 4.69) is 39.3 Å². The average Bonchev–Trinajstić information content (AvgIpc) is 2.53. The smallest absolute Gasteiger partial charge is 0.138 e. The Hall–Kier alpha value is -2.36. The summed E-state index contributed by atoms with van der Waals surface area (Å²) in [5.41, 5.74) is 3.99. The van der Waals surface area contributed by atoms with Crippen LogP contribution in [0.2, 0.25) is 0 Å². The van der Waals surface area contributed by atoms with E-state index in [9.17, 15) is 0 Å². The van der Waals surface area contributed by atoms with Crippen molar-refractivity contribution in [1.29, 1.82) is 0 Å². The fourth-order valence-corrected chi connectivity index (χ4v) is 2.72. The summed E-state index contributed by atoms with van der Waals surface area (Å²) in [5.74, 6) is 0.935. The molecule has 1 aliphatic rings. The first-order valence-corrected chi connectivity index (χ1v) is 7.26. The van der Waals surface area contributed by atoms with Gasteiger partial charge in [-0.15, -0.1) is 0 Å². The van der Waals surface area contributed by atoms with Crippen LogP contribution >= 0.6 is 0 Å². The van der Waals surface area contributed by atoms with Crippen LogP contribution in [0.15, 0.2) is 47.6 Å². The van der Waals surface area contributed by atoms with Crippen molar-refractivity contribution in [3.05, 3.63) is 59.3 Å². The van der Waals surface area contributed by atoms with Gasteiger partial charge in [0.15, 0.2) is 0 Å². The van der Waals surface area contributed by atoms with Crippen LogP contribution in [0.4, 0.5) is 5.82 Å². The van der Waals surface area contributed by atoms with Crippen molar-refractivity contribution >= 4 is 11.5 Å². The molecule has 1 aromatic carbocycles. The van der Waals surface area contributed by atoms with E-state index in [0.29, 0.717) is 0 Å². The lowest BCUT2D eigenvalue weighted by atomic mass is 10.0. The molecule has 1 aliphatic heterocycles. The van der Waals surface area contributed by atoms with Crippen LogP contribution in [0, 0.1) is 6.92 Å². The quantitative estimate of drug-likeness (QED) is 0.695. The molecule has 2 heterocycles. The number of pyridine rings is 1. The van der Waals surface area contributed by atoms with Crippen molar-refractivity contribution in [1.82, 2.24) is 4.98 Å². The summed E-state index contributed by atoms with van der Waals surface area (Å²) in [6, 6.07) is 14.4. The first-order valence-electron chi connectivity index (χ1n) is 7.26. The predicted molar refractivity (Wildman–Crippen MR) is 84.3 cm³/mol. The molecule has 3 rings (SSSR count). The number of hydrogen-bond acceptors (Lipinski definition) is 4. The van der Waals surface area contributed by atoms with Crippen LogP contribution in [-0.4, -0.2) is 29.0 Å².